The zero-order valence-electron chi connectivity index (χ0n) is 7.63. The van der Waals surface area contributed by atoms with E-state index in [-0.39, 0.29) is 0 Å². The molecule has 0 aliphatic carbocycles. The molecule has 1 fully saturated rings. The first kappa shape index (κ1) is 9.48. The second kappa shape index (κ2) is 3.41. The fourth-order valence-electron chi connectivity index (χ4n) is 1.70. The fourth-order valence-corrected chi connectivity index (χ4v) is 6.03. The smallest absolute Gasteiger partial charge is 0.0114 e. The van der Waals surface area contributed by atoms with E-state index in [4.69, 9.17) is 11.8 Å². The van der Waals surface area contributed by atoms with Gasteiger partial charge in [-0.05, 0) is 44.5 Å². The summed E-state index contributed by atoms with van der Waals surface area (Å²) in [6.45, 7) is 6.66. The standard InChI is InChI=1S/C9H17PS/c1-8(2)7-10(11)6-4-5-9(10)3/h7,9H,4-6H2,1-3H3/t9-,10+/m0/s1. The summed E-state index contributed by atoms with van der Waals surface area (Å²) in [4.78, 5) is 0. The van der Waals surface area contributed by atoms with Gasteiger partial charge in [0.1, 0.15) is 0 Å². The van der Waals surface area contributed by atoms with Gasteiger partial charge in [-0.15, -0.1) is 0 Å². The molecule has 11 heavy (non-hydrogen) atoms. The second-order valence-electron chi connectivity index (χ2n) is 3.78. The van der Waals surface area contributed by atoms with Gasteiger partial charge in [0.15, 0.2) is 0 Å². The molecule has 0 spiro atoms. The molecule has 1 heterocycles. The van der Waals surface area contributed by atoms with Gasteiger partial charge < -0.3 is 0 Å². The van der Waals surface area contributed by atoms with Gasteiger partial charge in [-0.25, -0.2) is 0 Å². The molecule has 0 bridgehead atoms. The van der Waals surface area contributed by atoms with E-state index >= 15 is 0 Å². The van der Waals surface area contributed by atoms with Crippen molar-refractivity contribution in [1.29, 1.82) is 0 Å². The van der Waals surface area contributed by atoms with Crippen LogP contribution in [0.25, 0.3) is 0 Å². The molecule has 0 aromatic rings. The Morgan fingerprint density at radius 3 is 2.55 bits per heavy atom. The first-order valence-corrected chi connectivity index (χ1v) is 7.42. The molecule has 0 aromatic carbocycles. The van der Waals surface area contributed by atoms with Gasteiger partial charge in [0.25, 0.3) is 0 Å². The lowest BCUT2D eigenvalue weighted by atomic mass is 10.3. The van der Waals surface area contributed by atoms with E-state index in [1.807, 2.05) is 0 Å². The van der Waals surface area contributed by atoms with Crippen molar-refractivity contribution in [3.8, 4) is 0 Å². The van der Waals surface area contributed by atoms with Crippen molar-refractivity contribution in [2.24, 2.45) is 0 Å². The Balaban J connectivity index is 2.82. The van der Waals surface area contributed by atoms with E-state index in [0.717, 1.165) is 5.66 Å². The maximum absolute atomic E-state index is 5.70. The molecule has 0 amide bonds. The molecule has 64 valence electrons. The summed E-state index contributed by atoms with van der Waals surface area (Å²) in [5.74, 6) is 2.39. The lowest BCUT2D eigenvalue weighted by molar-refractivity contribution is 0.836. The Labute approximate surface area is 75.1 Å². The predicted molar refractivity (Wildman–Crippen MR) is 57.3 cm³/mol. The zero-order valence-corrected chi connectivity index (χ0v) is 9.34. The van der Waals surface area contributed by atoms with Crippen LogP contribution >= 0.6 is 6.04 Å². The minimum absolute atomic E-state index is 0.812. The monoisotopic (exact) mass is 188 g/mol. The summed E-state index contributed by atoms with van der Waals surface area (Å²) in [6, 6.07) is -1.05. The molecule has 1 rings (SSSR count). The quantitative estimate of drug-likeness (QED) is 0.567. The maximum atomic E-state index is 5.70. The molecule has 1 aliphatic rings. The van der Waals surface area contributed by atoms with Crippen LogP contribution in [-0.2, 0) is 11.8 Å². The molecular formula is C9H17PS. The van der Waals surface area contributed by atoms with E-state index in [0.29, 0.717) is 0 Å². The molecule has 0 saturated carbocycles. The van der Waals surface area contributed by atoms with Crippen molar-refractivity contribution in [1.82, 2.24) is 0 Å². The van der Waals surface area contributed by atoms with Crippen LogP contribution in [0.15, 0.2) is 11.4 Å². The molecular weight excluding hydrogens is 171 g/mol. The largest absolute Gasteiger partial charge is 0.0929 e. The first-order chi connectivity index (χ1) is 5.04. The number of allylic oxidation sites excluding steroid dienone is 1. The third-order valence-corrected chi connectivity index (χ3v) is 8.01. The topological polar surface area (TPSA) is 0 Å². The predicted octanol–water partition coefficient (Wildman–Crippen LogP) is 3.57. The van der Waals surface area contributed by atoms with Gasteiger partial charge in [-0.2, -0.15) is 0 Å². The summed E-state index contributed by atoms with van der Waals surface area (Å²) in [5, 5.41) is 0. The minimum Gasteiger partial charge on any atom is -0.0929 e. The van der Waals surface area contributed by atoms with Gasteiger partial charge in [0.05, 0.1) is 0 Å². The van der Waals surface area contributed by atoms with Crippen molar-refractivity contribution < 1.29 is 0 Å². The maximum Gasteiger partial charge on any atom is -0.0114 e. The Hall–Kier alpha value is 0.390. The van der Waals surface area contributed by atoms with Crippen molar-refractivity contribution in [2.45, 2.75) is 39.3 Å². The van der Waals surface area contributed by atoms with Crippen LogP contribution in [0.4, 0.5) is 0 Å². The lowest BCUT2D eigenvalue weighted by Gasteiger charge is -2.16. The molecule has 1 aliphatic heterocycles. The highest BCUT2D eigenvalue weighted by Crippen LogP contribution is 2.59. The average Bonchev–Trinajstić information content (AvgIpc) is 2.11. The van der Waals surface area contributed by atoms with Crippen LogP contribution in [0.3, 0.4) is 0 Å². The van der Waals surface area contributed by atoms with Crippen molar-refractivity contribution in [2.75, 3.05) is 6.16 Å². The van der Waals surface area contributed by atoms with Gasteiger partial charge in [0, 0.05) is 0 Å². The van der Waals surface area contributed by atoms with Crippen LogP contribution in [0.1, 0.15) is 33.6 Å². The number of hydrogen-bond donors (Lipinski definition) is 0. The Bertz CT molecular complexity index is 214. The molecule has 2 atom stereocenters. The van der Waals surface area contributed by atoms with E-state index in [2.05, 4.69) is 26.6 Å². The van der Waals surface area contributed by atoms with Gasteiger partial charge in [-0.3, -0.25) is 0 Å². The highest BCUT2D eigenvalue weighted by molar-refractivity contribution is 8.16. The average molecular weight is 188 g/mol. The fraction of sp³-hybridized carbons (Fsp3) is 0.778. The van der Waals surface area contributed by atoms with Crippen LogP contribution < -0.4 is 0 Å². The van der Waals surface area contributed by atoms with E-state index < -0.39 is 6.04 Å². The van der Waals surface area contributed by atoms with Crippen molar-refractivity contribution in [3.05, 3.63) is 11.4 Å². The van der Waals surface area contributed by atoms with Crippen LogP contribution in [0.5, 0.6) is 0 Å². The highest BCUT2D eigenvalue weighted by Gasteiger charge is 2.27. The molecule has 1 saturated heterocycles. The molecule has 2 heteroatoms. The highest BCUT2D eigenvalue weighted by atomic mass is 32.4. The molecule has 0 N–H and O–H groups in total. The Morgan fingerprint density at radius 2 is 2.18 bits per heavy atom. The zero-order chi connectivity index (χ0) is 8.48. The minimum atomic E-state index is -1.05. The number of hydrogen-bond acceptors (Lipinski definition) is 1. The molecule has 0 aromatic heterocycles. The van der Waals surface area contributed by atoms with Gasteiger partial charge >= 0.3 is 0 Å². The van der Waals surface area contributed by atoms with Gasteiger partial charge in [-0.1, -0.05) is 30.1 Å². The van der Waals surface area contributed by atoms with Crippen LogP contribution in [-0.4, -0.2) is 11.8 Å². The number of rotatable bonds is 1. The molecule has 0 nitrogen and oxygen atoms in total. The third kappa shape index (κ3) is 2.16. The van der Waals surface area contributed by atoms with Gasteiger partial charge in [0.2, 0.25) is 0 Å². The van der Waals surface area contributed by atoms with E-state index in [9.17, 15) is 0 Å². The third-order valence-electron chi connectivity index (χ3n) is 2.35. The molecule has 0 radical (unpaired) electrons. The normalized spacial score (nSPS) is 37.2. The van der Waals surface area contributed by atoms with E-state index in [1.54, 1.807) is 0 Å². The van der Waals surface area contributed by atoms with Crippen LogP contribution in [0.2, 0.25) is 0 Å². The lowest BCUT2D eigenvalue weighted by Crippen LogP contribution is -1.92. The summed E-state index contributed by atoms with van der Waals surface area (Å²) < 4.78 is 0. The second-order valence-corrected chi connectivity index (χ2v) is 9.11. The summed E-state index contributed by atoms with van der Waals surface area (Å²) in [7, 11) is 0. The first-order valence-electron chi connectivity index (χ1n) is 4.29. The molecule has 0 unspecified atom stereocenters. The summed E-state index contributed by atoms with van der Waals surface area (Å²) in [6.07, 6.45) is 4.04. The van der Waals surface area contributed by atoms with Crippen molar-refractivity contribution in [3.63, 3.8) is 0 Å². The Morgan fingerprint density at radius 1 is 1.55 bits per heavy atom. The van der Waals surface area contributed by atoms with Crippen molar-refractivity contribution >= 4 is 17.8 Å². The summed E-state index contributed by atoms with van der Waals surface area (Å²) >= 11 is 5.70. The Kier molecular flexibility index (Phi) is 2.94. The van der Waals surface area contributed by atoms with Crippen LogP contribution in [0, 0.1) is 0 Å². The van der Waals surface area contributed by atoms with E-state index in [1.165, 1.54) is 24.6 Å². The SMILES string of the molecule is CC(C)=C[P@]1(=S)CCC[C@@H]1C. The summed E-state index contributed by atoms with van der Waals surface area (Å²) in [5.41, 5.74) is 2.23.